The van der Waals surface area contributed by atoms with Gasteiger partial charge in [0, 0.05) is 6.42 Å². The molecule has 0 aliphatic heterocycles. The minimum atomic E-state index is -1.30. The normalized spacial score (nSPS) is 11.6. The van der Waals surface area contributed by atoms with Crippen molar-refractivity contribution in [3.05, 3.63) is 24.0 Å². The molecule has 0 unspecified atom stereocenters. The van der Waals surface area contributed by atoms with Gasteiger partial charge in [0.1, 0.15) is 11.7 Å². The van der Waals surface area contributed by atoms with Gasteiger partial charge in [0.05, 0.1) is 11.9 Å². The summed E-state index contributed by atoms with van der Waals surface area (Å²) >= 11 is 0. The third kappa shape index (κ3) is 4.62. The van der Waals surface area contributed by atoms with E-state index in [4.69, 9.17) is 15.9 Å². The summed E-state index contributed by atoms with van der Waals surface area (Å²) in [4.78, 5) is 36.7. The number of hydrogen-bond acceptors (Lipinski definition) is 5. The second-order valence-electron chi connectivity index (χ2n) is 3.77. The summed E-state index contributed by atoms with van der Waals surface area (Å²) in [6, 6.07) is 1.53. The lowest BCUT2D eigenvalue weighted by atomic mass is 10.1. The third-order valence-corrected chi connectivity index (χ3v) is 2.27. The number of nitrogens with zero attached hydrogens (tertiary/aromatic N) is 1. The Hall–Kier alpha value is -2.64. The van der Waals surface area contributed by atoms with Crippen LogP contribution >= 0.6 is 0 Å². The lowest BCUT2D eigenvalue weighted by molar-refractivity contribution is -0.140. The maximum Gasteiger partial charge on any atom is 0.326 e. The van der Waals surface area contributed by atoms with E-state index in [0.717, 1.165) is 0 Å². The topological polar surface area (TPSA) is 143 Å². The van der Waals surface area contributed by atoms with Crippen LogP contribution in [0.5, 0.6) is 0 Å². The van der Waals surface area contributed by atoms with Gasteiger partial charge < -0.3 is 21.3 Å². The molecule has 8 heteroatoms. The lowest BCUT2D eigenvalue weighted by Crippen LogP contribution is -2.41. The molecule has 1 heterocycles. The van der Waals surface area contributed by atoms with E-state index in [-0.39, 0.29) is 18.5 Å². The molecule has 1 rings (SSSR count). The number of rotatable bonds is 6. The zero-order chi connectivity index (χ0) is 14.4. The number of aromatic nitrogens is 1. The molecule has 0 bridgehead atoms. The van der Waals surface area contributed by atoms with Crippen molar-refractivity contribution in [1.29, 1.82) is 0 Å². The van der Waals surface area contributed by atoms with Crippen LogP contribution in [0.3, 0.4) is 0 Å². The smallest absolute Gasteiger partial charge is 0.326 e. The molecule has 1 aromatic rings. The van der Waals surface area contributed by atoms with Gasteiger partial charge in [0.25, 0.3) is 5.91 Å². The zero-order valence-electron chi connectivity index (χ0n) is 9.87. The Morgan fingerprint density at radius 2 is 2.00 bits per heavy atom. The van der Waals surface area contributed by atoms with Crippen LogP contribution in [0.15, 0.2) is 18.3 Å². The maximum absolute atomic E-state index is 11.7. The standard InChI is InChI=1S/C11H13N3O5/c12-6-1-2-7(13-5-6)10(17)14-8(11(18)19)3-4-9(15)16/h1-2,5,8H,3-4,12H2,(H,14,17)(H,15,16)(H,18,19)/t8-/m0/s1. The largest absolute Gasteiger partial charge is 0.481 e. The summed E-state index contributed by atoms with van der Waals surface area (Å²) in [6.07, 6.45) is 0.708. The van der Waals surface area contributed by atoms with Crippen molar-refractivity contribution < 1.29 is 24.6 Å². The number of aliphatic carboxylic acids is 2. The van der Waals surface area contributed by atoms with E-state index >= 15 is 0 Å². The monoisotopic (exact) mass is 267 g/mol. The first-order chi connectivity index (χ1) is 8.90. The van der Waals surface area contributed by atoms with E-state index in [1.54, 1.807) is 0 Å². The first kappa shape index (κ1) is 14.4. The van der Waals surface area contributed by atoms with Crippen LogP contribution < -0.4 is 11.1 Å². The maximum atomic E-state index is 11.7. The molecule has 0 radical (unpaired) electrons. The second kappa shape index (κ2) is 6.34. The fourth-order valence-electron chi connectivity index (χ4n) is 1.30. The molecule has 19 heavy (non-hydrogen) atoms. The fourth-order valence-corrected chi connectivity index (χ4v) is 1.30. The lowest BCUT2D eigenvalue weighted by Gasteiger charge is -2.13. The first-order valence-electron chi connectivity index (χ1n) is 5.37. The molecule has 0 aromatic carbocycles. The van der Waals surface area contributed by atoms with Crippen LogP contribution in [0.2, 0.25) is 0 Å². The second-order valence-corrected chi connectivity index (χ2v) is 3.77. The van der Waals surface area contributed by atoms with Gasteiger partial charge >= 0.3 is 11.9 Å². The number of nitrogens with one attached hydrogen (secondary N) is 1. The molecule has 0 saturated carbocycles. The average Bonchev–Trinajstić information content (AvgIpc) is 2.34. The van der Waals surface area contributed by atoms with Crippen molar-refractivity contribution in [2.45, 2.75) is 18.9 Å². The molecular formula is C11H13N3O5. The van der Waals surface area contributed by atoms with Crippen molar-refractivity contribution in [1.82, 2.24) is 10.3 Å². The van der Waals surface area contributed by atoms with E-state index < -0.39 is 23.9 Å². The summed E-state index contributed by atoms with van der Waals surface area (Å²) in [6.45, 7) is 0. The summed E-state index contributed by atoms with van der Waals surface area (Å²) in [5.41, 5.74) is 5.79. The minimum absolute atomic E-state index is 0.00998. The Morgan fingerprint density at radius 3 is 2.47 bits per heavy atom. The molecule has 1 atom stereocenters. The Labute approximate surface area is 108 Å². The van der Waals surface area contributed by atoms with Crippen molar-refractivity contribution in [2.75, 3.05) is 5.73 Å². The van der Waals surface area contributed by atoms with Crippen LogP contribution in [-0.2, 0) is 9.59 Å². The van der Waals surface area contributed by atoms with E-state index in [2.05, 4.69) is 10.3 Å². The van der Waals surface area contributed by atoms with E-state index in [9.17, 15) is 14.4 Å². The van der Waals surface area contributed by atoms with Gasteiger partial charge in [-0.2, -0.15) is 0 Å². The molecule has 102 valence electrons. The highest BCUT2D eigenvalue weighted by Gasteiger charge is 2.21. The van der Waals surface area contributed by atoms with Crippen LogP contribution in [0, 0.1) is 0 Å². The van der Waals surface area contributed by atoms with Gasteiger partial charge in [-0.1, -0.05) is 0 Å². The quantitative estimate of drug-likeness (QED) is 0.554. The number of nitrogens with two attached hydrogens (primary N) is 1. The first-order valence-corrected chi connectivity index (χ1v) is 5.37. The molecule has 1 amide bonds. The molecule has 0 fully saturated rings. The number of amides is 1. The van der Waals surface area contributed by atoms with Crippen molar-refractivity contribution in [3.63, 3.8) is 0 Å². The van der Waals surface area contributed by atoms with Crippen LogP contribution in [0.25, 0.3) is 0 Å². The number of pyridine rings is 1. The molecule has 1 aromatic heterocycles. The molecular weight excluding hydrogens is 254 g/mol. The average molecular weight is 267 g/mol. The molecule has 0 spiro atoms. The summed E-state index contributed by atoms with van der Waals surface area (Å²) in [5, 5.41) is 19.6. The van der Waals surface area contributed by atoms with E-state index in [1.165, 1.54) is 18.3 Å². The van der Waals surface area contributed by atoms with Gasteiger partial charge in [-0.3, -0.25) is 9.59 Å². The highest BCUT2D eigenvalue weighted by molar-refractivity contribution is 5.95. The Balaban J connectivity index is 2.68. The van der Waals surface area contributed by atoms with Crippen LogP contribution in [-0.4, -0.2) is 39.1 Å². The molecule has 0 aliphatic rings. The van der Waals surface area contributed by atoms with Gasteiger partial charge in [0.15, 0.2) is 0 Å². The molecule has 0 aliphatic carbocycles. The number of carboxylic acids is 2. The highest BCUT2D eigenvalue weighted by atomic mass is 16.4. The van der Waals surface area contributed by atoms with Crippen molar-refractivity contribution in [3.8, 4) is 0 Å². The number of carboxylic acid groups (broad SMARTS) is 2. The molecule has 5 N–H and O–H groups in total. The minimum Gasteiger partial charge on any atom is -0.481 e. The number of carbonyl (C=O) groups excluding carboxylic acids is 1. The van der Waals surface area contributed by atoms with Crippen molar-refractivity contribution >= 4 is 23.5 Å². The highest BCUT2D eigenvalue weighted by Crippen LogP contribution is 2.03. The number of nitrogen functional groups attached to an aromatic ring is 1. The molecule has 8 nitrogen and oxygen atoms in total. The van der Waals surface area contributed by atoms with Gasteiger partial charge in [-0.05, 0) is 18.6 Å². The summed E-state index contributed by atoms with van der Waals surface area (Å²) in [5.74, 6) is -3.13. The van der Waals surface area contributed by atoms with Crippen LogP contribution in [0.1, 0.15) is 23.3 Å². The third-order valence-electron chi connectivity index (χ3n) is 2.27. The van der Waals surface area contributed by atoms with E-state index in [1.807, 2.05) is 0 Å². The SMILES string of the molecule is Nc1ccc(C(=O)N[C@@H](CCC(=O)O)C(=O)O)nc1. The number of carbonyl (C=O) groups is 3. The summed E-state index contributed by atoms with van der Waals surface area (Å²) < 4.78 is 0. The Bertz CT molecular complexity index is 486. The predicted octanol–water partition coefficient (Wildman–Crippen LogP) is -0.288. The number of anilines is 1. The van der Waals surface area contributed by atoms with Crippen molar-refractivity contribution in [2.24, 2.45) is 0 Å². The van der Waals surface area contributed by atoms with Gasteiger partial charge in [-0.15, -0.1) is 0 Å². The van der Waals surface area contributed by atoms with Gasteiger partial charge in [0.2, 0.25) is 0 Å². The Morgan fingerprint density at radius 1 is 1.32 bits per heavy atom. The van der Waals surface area contributed by atoms with E-state index in [0.29, 0.717) is 5.69 Å². The van der Waals surface area contributed by atoms with Gasteiger partial charge in [-0.25, -0.2) is 9.78 Å². The van der Waals surface area contributed by atoms with Crippen LogP contribution in [0.4, 0.5) is 5.69 Å². The molecule has 0 saturated heterocycles. The Kier molecular flexibility index (Phi) is 4.81. The number of hydrogen-bond donors (Lipinski definition) is 4. The predicted molar refractivity (Wildman–Crippen MR) is 64.4 cm³/mol. The zero-order valence-corrected chi connectivity index (χ0v) is 9.87. The fraction of sp³-hybridized carbons (Fsp3) is 0.273. The summed E-state index contributed by atoms with van der Waals surface area (Å²) in [7, 11) is 0.